The highest BCUT2D eigenvalue weighted by Gasteiger charge is 2.21. The van der Waals surface area contributed by atoms with Crippen molar-refractivity contribution in [3.63, 3.8) is 0 Å². The van der Waals surface area contributed by atoms with Crippen molar-refractivity contribution in [2.75, 3.05) is 20.3 Å². The van der Waals surface area contributed by atoms with Gasteiger partial charge in [-0.1, -0.05) is 42.0 Å². The number of nitrogens with one attached hydrogen (secondary N) is 2. The van der Waals surface area contributed by atoms with Crippen LogP contribution in [-0.2, 0) is 0 Å². The van der Waals surface area contributed by atoms with Crippen molar-refractivity contribution in [3.05, 3.63) is 95.2 Å². The van der Waals surface area contributed by atoms with Crippen LogP contribution in [0.5, 0.6) is 11.5 Å². The number of aromatic amines is 1. The molecule has 3 aromatic carbocycles. The summed E-state index contributed by atoms with van der Waals surface area (Å²) in [6, 6.07) is 21.8. The molecule has 5 nitrogen and oxygen atoms in total. The van der Waals surface area contributed by atoms with Crippen LogP contribution >= 0.6 is 0 Å². The summed E-state index contributed by atoms with van der Waals surface area (Å²) < 4.78 is 11.3. The van der Waals surface area contributed by atoms with E-state index in [-0.39, 0.29) is 11.8 Å². The lowest BCUT2D eigenvalue weighted by molar-refractivity contribution is 0.0952. The minimum absolute atomic E-state index is 0.0653. The Morgan fingerprint density at radius 2 is 1.88 bits per heavy atom. The van der Waals surface area contributed by atoms with Gasteiger partial charge in [0, 0.05) is 35.1 Å². The first-order valence-electron chi connectivity index (χ1n) is 10.8. The molecule has 1 amide bonds. The molecule has 1 atom stereocenters. The fraction of sp³-hybridized carbons (Fsp3) is 0.222. The number of ether oxygens (including phenoxy) is 2. The molecule has 0 saturated carbocycles. The molecule has 4 aromatic rings. The minimum atomic E-state index is -0.0866. The quantitative estimate of drug-likeness (QED) is 0.392. The summed E-state index contributed by atoms with van der Waals surface area (Å²) in [7, 11) is 1.64. The number of H-pyrrole nitrogens is 1. The molecule has 1 aromatic heterocycles. The Labute approximate surface area is 188 Å². The van der Waals surface area contributed by atoms with Crippen molar-refractivity contribution in [1.82, 2.24) is 10.3 Å². The fourth-order valence-corrected chi connectivity index (χ4v) is 4.05. The highest BCUT2D eigenvalue weighted by molar-refractivity contribution is 5.94. The van der Waals surface area contributed by atoms with Gasteiger partial charge in [-0.3, -0.25) is 4.79 Å². The van der Waals surface area contributed by atoms with Gasteiger partial charge in [-0.05, 0) is 55.3 Å². The molecule has 0 aliphatic carbocycles. The Kier molecular flexibility index (Phi) is 6.45. The number of fused-ring (bicyclic) bond motifs is 1. The number of rotatable bonds is 8. The normalized spacial score (nSPS) is 11.8. The number of aromatic nitrogens is 1. The van der Waals surface area contributed by atoms with Gasteiger partial charge in [0.2, 0.25) is 0 Å². The second-order valence-electron chi connectivity index (χ2n) is 7.77. The topological polar surface area (TPSA) is 63.3 Å². The molecule has 0 spiro atoms. The van der Waals surface area contributed by atoms with Crippen LogP contribution in [0, 0.1) is 6.92 Å². The lowest BCUT2D eigenvalue weighted by Gasteiger charge is -2.20. The van der Waals surface area contributed by atoms with Crippen LogP contribution in [0.4, 0.5) is 0 Å². The summed E-state index contributed by atoms with van der Waals surface area (Å²) in [6.45, 7) is 4.94. The van der Waals surface area contributed by atoms with Crippen molar-refractivity contribution < 1.29 is 14.3 Å². The largest absolute Gasteiger partial charge is 0.493 e. The molecule has 2 N–H and O–H groups in total. The van der Waals surface area contributed by atoms with Gasteiger partial charge < -0.3 is 19.8 Å². The van der Waals surface area contributed by atoms with Crippen LogP contribution < -0.4 is 14.8 Å². The number of para-hydroxylation sites is 1. The van der Waals surface area contributed by atoms with Crippen LogP contribution in [-0.4, -0.2) is 31.2 Å². The molecule has 32 heavy (non-hydrogen) atoms. The maximum atomic E-state index is 12.9. The number of hydrogen-bond acceptors (Lipinski definition) is 3. The van der Waals surface area contributed by atoms with Crippen LogP contribution in [0.25, 0.3) is 10.9 Å². The molecule has 0 aliphatic rings. The van der Waals surface area contributed by atoms with Crippen LogP contribution in [0.15, 0.2) is 72.9 Å². The first-order valence-corrected chi connectivity index (χ1v) is 10.8. The van der Waals surface area contributed by atoms with E-state index in [4.69, 9.17) is 9.47 Å². The van der Waals surface area contributed by atoms with Crippen molar-refractivity contribution in [1.29, 1.82) is 0 Å². The van der Waals surface area contributed by atoms with Crippen LogP contribution in [0.1, 0.15) is 39.9 Å². The van der Waals surface area contributed by atoms with Gasteiger partial charge in [-0.15, -0.1) is 0 Å². The van der Waals surface area contributed by atoms with E-state index in [2.05, 4.69) is 22.4 Å². The van der Waals surface area contributed by atoms with Crippen molar-refractivity contribution in [3.8, 4) is 11.5 Å². The number of hydrogen-bond donors (Lipinski definition) is 2. The highest BCUT2D eigenvalue weighted by Crippen LogP contribution is 2.35. The Bertz CT molecular complexity index is 1230. The summed E-state index contributed by atoms with van der Waals surface area (Å²) >= 11 is 0. The van der Waals surface area contributed by atoms with Gasteiger partial charge in [0.15, 0.2) is 11.5 Å². The number of aryl methyl sites for hydroxylation is 1. The van der Waals surface area contributed by atoms with Gasteiger partial charge in [0.1, 0.15) is 0 Å². The van der Waals surface area contributed by atoms with Gasteiger partial charge in [-0.25, -0.2) is 0 Å². The Morgan fingerprint density at radius 3 is 2.66 bits per heavy atom. The average molecular weight is 429 g/mol. The smallest absolute Gasteiger partial charge is 0.251 e. The Morgan fingerprint density at radius 1 is 1.03 bits per heavy atom. The molecule has 4 rings (SSSR count). The summed E-state index contributed by atoms with van der Waals surface area (Å²) in [5, 5.41) is 4.26. The van der Waals surface area contributed by atoms with E-state index in [0.717, 1.165) is 27.6 Å². The zero-order valence-corrected chi connectivity index (χ0v) is 18.6. The van der Waals surface area contributed by atoms with E-state index in [0.29, 0.717) is 30.2 Å². The second-order valence-corrected chi connectivity index (χ2v) is 7.77. The number of carbonyl (C=O) groups is 1. The second kappa shape index (κ2) is 9.60. The van der Waals surface area contributed by atoms with E-state index in [1.807, 2.05) is 74.6 Å². The molecule has 0 aliphatic heterocycles. The van der Waals surface area contributed by atoms with Gasteiger partial charge in [0.05, 0.1) is 13.7 Å². The Balaban J connectivity index is 1.70. The Hall–Kier alpha value is -3.73. The molecule has 0 radical (unpaired) electrons. The molecule has 0 unspecified atom stereocenters. The van der Waals surface area contributed by atoms with Gasteiger partial charge >= 0.3 is 0 Å². The van der Waals surface area contributed by atoms with E-state index >= 15 is 0 Å². The van der Waals surface area contributed by atoms with E-state index in [1.165, 1.54) is 0 Å². The predicted molar refractivity (Wildman–Crippen MR) is 128 cm³/mol. The third-order valence-electron chi connectivity index (χ3n) is 5.63. The maximum Gasteiger partial charge on any atom is 0.251 e. The van der Waals surface area contributed by atoms with Gasteiger partial charge in [0.25, 0.3) is 5.91 Å². The molecule has 5 heteroatoms. The zero-order valence-electron chi connectivity index (χ0n) is 18.6. The molecule has 1 heterocycles. The maximum absolute atomic E-state index is 12.9. The van der Waals surface area contributed by atoms with Crippen molar-refractivity contribution in [2.45, 2.75) is 19.8 Å². The third kappa shape index (κ3) is 4.47. The molecular formula is C27H28N2O3. The fourth-order valence-electron chi connectivity index (χ4n) is 4.05. The molecule has 0 bridgehead atoms. The van der Waals surface area contributed by atoms with Crippen LogP contribution in [0.3, 0.4) is 0 Å². The zero-order chi connectivity index (χ0) is 22.5. The number of methoxy groups -OCH3 is 1. The summed E-state index contributed by atoms with van der Waals surface area (Å²) in [4.78, 5) is 16.2. The first kappa shape index (κ1) is 21.5. The van der Waals surface area contributed by atoms with E-state index < -0.39 is 0 Å². The third-order valence-corrected chi connectivity index (χ3v) is 5.63. The number of benzene rings is 3. The predicted octanol–water partition coefficient (Wildman–Crippen LogP) is 5.45. The highest BCUT2D eigenvalue weighted by atomic mass is 16.5. The number of carbonyl (C=O) groups excluding carboxylic acids is 1. The summed E-state index contributed by atoms with van der Waals surface area (Å²) in [5.74, 6) is 1.24. The average Bonchev–Trinajstić information content (AvgIpc) is 3.24. The summed E-state index contributed by atoms with van der Waals surface area (Å²) in [5.41, 5.74) is 4.94. The first-order chi connectivity index (χ1) is 15.6. The summed E-state index contributed by atoms with van der Waals surface area (Å²) in [6.07, 6.45) is 2.02. The van der Waals surface area contributed by atoms with E-state index in [9.17, 15) is 4.79 Å². The SMILES string of the molecule is CCOc1ccc([C@@H](CNC(=O)c2cccc(C)c2)c2c[nH]c3ccccc23)cc1OC. The van der Waals surface area contributed by atoms with Crippen molar-refractivity contribution in [2.24, 2.45) is 0 Å². The number of amides is 1. The van der Waals surface area contributed by atoms with Gasteiger partial charge in [-0.2, -0.15) is 0 Å². The molecule has 0 fully saturated rings. The van der Waals surface area contributed by atoms with Crippen LogP contribution in [0.2, 0.25) is 0 Å². The molecule has 0 saturated heterocycles. The van der Waals surface area contributed by atoms with Crippen molar-refractivity contribution >= 4 is 16.8 Å². The lowest BCUT2D eigenvalue weighted by atomic mass is 9.90. The minimum Gasteiger partial charge on any atom is -0.493 e. The molecule has 164 valence electrons. The standard InChI is InChI=1S/C27H28N2O3/c1-4-32-25-13-12-19(15-26(25)31-3)22(23-17-28-24-11-6-5-10-21(23)24)16-29-27(30)20-9-7-8-18(2)14-20/h5-15,17,22,28H,4,16H2,1-3H3,(H,29,30)/t22-/m1/s1. The van der Waals surface area contributed by atoms with E-state index in [1.54, 1.807) is 7.11 Å². The lowest BCUT2D eigenvalue weighted by Crippen LogP contribution is -2.29. The molecular weight excluding hydrogens is 400 g/mol. The monoisotopic (exact) mass is 428 g/mol.